The molecule has 0 aliphatic carbocycles. The summed E-state index contributed by atoms with van der Waals surface area (Å²) in [6, 6.07) is 7.02. The van der Waals surface area contributed by atoms with Crippen molar-refractivity contribution < 1.29 is 18.0 Å². The van der Waals surface area contributed by atoms with Gasteiger partial charge in [-0.3, -0.25) is 4.79 Å². The second kappa shape index (κ2) is 7.33. The number of carbonyl (C=O) groups is 1. The molecular formula is C15H21F3N2O. The SMILES string of the molecule is CCCN(CC(F)(F)F)C(=O)CC(C)c1ccc(N)cc1. The van der Waals surface area contributed by atoms with E-state index < -0.39 is 18.6 Å². The zero-order valence-corrected chi connectivity index (χ0v) is 12.3. The summed E-state index contributed by atoms with van der Waals surface area (Å²) in [4.78, 5) is 12.9. The predicted molar refractivity (Wildman–Crippen MR) is 76.8 cm³/mol. The molecule has 0 bridgehead atoms. The quantitative estimate of drug-likeness (QED) is 0.817. The maximum Gasteiger partial charge on any atom is 0.406 e. The number of benzene rings is 1. The van der Waals surface area contributed by atoms with Crippen LogP contribution < -0.4 is 5.73 Å². The molecule has 0 saturated heterocycles. The van der Waals surface area contributed by atoms with E-state index in [9.17, 15) is 18.0 Å². The fourth-order valence-electron chi connectivity index (χ4n) is 2.11. The van der Waals surface area contributed by atoms with E-state index in [1.807, 2.05) is 6.92 Å². The number of anilines is 1. The summed E-state index contributed by atoms with van der Waals surface area (Å²) in [5, 5.41) is 0. The number of hydrogen-bond acceptors (Lipinski definition) is 2. The van der Waals surface area contributed by atoms with Crippen molar-refractivity contribution in [3.63, 3.8) is 0 Å². The molecule has 6 heteroatoms. The molecule has 0 heterocycles. The van der Waals surface area contributed by atoms with Crippen LogP contribution in [0.2, 0.25) is 0 Å². The lowest BCUT2D eigenvalue weighted by atomic mass is 9.97. The highest BCUT2D eigenvalue weighted by Gasteiger charge is 2.32. The van der Waals surface area contributed by atoms with Gasteiger partial charge in [0.15, 0.2) is 0 Å². The van der Waals surface area contributed by atoms with Gasteiger partial charge in [0.05, 0.1) is 0 Å². The van der Waals surface area contributed by atoms with Crippen LogP contribution in [0.3, 0.4) is 0 Å². The van der Waals surface area contributed by atoms with Crippen LogP contribution in [0.1, 0.15) is 38.2 Å². The number of hydrogen-bond donors (Lipinski definition) is 1. The van der Waals surface area contributed by atoms with Crippen molar-refractivity contribution in [3.05, 3.63) is 29.8 Å². The highest BCUT2D eigenvalue weighted by Crippen LogP contribution is 2.23. The summed E-state index contributed by atoms with van der Waals surface area (Å²) >= 11 is 0. The third kappa shape index (κ3) is 6.06. The average molecular weight is 302 g/mol. The molecule has 0 radical (unpaired) electrons. The van der Waals surface area contributed by atoms with Crippen LogP contribution in [-0.2, 0) is 4.79 Å². The maximum absolute atomic E-state index is 12.5. The van der Waals surface area contributed by atoms with Crippen molar-refractivity contribution >= 4 is 11.6 Å². The zero-order valence-electron chi connectivity index (χ0n) is 12.3. The first-order valence-electron chi connectivity index (χ1n) is 6.93. The Morgan fingerprint density at radius 3 is 2.33 bits per heavy atom. The predicted octanol–water partition coefficient (Wildman–Crippen LogP) is 3.56. The number of nitrogens with two attached hydrogens (primary N) is 1. The molecule has 1 unspecified atom stereocenters. The van der Waals surface area contributed by atoms with Gasteiger partial charge in [-0.2, -0.15) is 13.2 Å². The number of amides is 1. The Morgan fingerprint density at radius 2 is 1.86 bits per heavy atom. The molecular weight excluding hydrogens is 281 g/mol. The van der Waals surface area contributed by atoms with Crippen LogP contribution in [0.15, 0.2) is 24.3 Å². The van der Waals surface area contributed by atoms with Crippen LogP contribution in [0.25, 0.3) is 0 Å². The number of nitrogen functional groups attached to an aromatic ring is 1. The van der Waals surface area contributed by atoms with E-state index in [-0.39, 0.29) is 18.9 Å². The van der Waals surface area contributed by atoms with Gasteiger partial charge in [0.25, 0.3) is 0 Å². The number of rotatable bonds is 6. The first-order valence-corrected chi connectivity index (χ1v) is 6.93. The third-order valence-corrected chi connectivity index (χ3v) is 3.20. The monoisotopic (exact) mass is 302 g/mol. The Kier molecular flexibility index (Phi) is 6.05. The van der Waals surface area contributed by atoms with Gasteiger partial charge in [-0.1, -0.05) is 26.0 Å². The summed E-state index contributed by atoms with van der Waals surface area (Å²) in [5.74, 6) is -0.621. The lowest BCUT2D eigenvalue weighted by molar-refractivity contribution is -0.161. The number of halogens is 3. The van der Waals surface area contributed by atoms with Crippen molar-refractivity contribution in [2.45, 2.75) is 38.8 Å². The molecule has 0 aliphatic heterocycles. The first kappa shape index (κ1) is 17.3. The van der Waals surface area contributed by atoms with E-state index in [1.165, 1.54) is 0 Å². The van der Waals surface area contributed by atoms with E-state index in [4.69, 9.17) is 5.73 Å². The Bertz CT molecular complexity index is 457. The van der Waals surface area contributed by atoms with E-state index in [0.717, 1.165) is 10.5 Å². The van der Waals surface area contributed by atoms with Gasteiger partial charge in [0.1, 0.15) is 6.54 Å². The van der Waals surface area contributed by atoms with Crippen molar-refractivity contribution in [2.75, 3.05) is 18.8 Å². The van der Waals surface area contributed by atoms with Crippen LogP contribution in [0, 0.1) is 0 Å². The van der Waals surface area contributed by atoms with E-state index >= 15 is 0 Å². The molecule has 0 aromatic heterocycles. The fourth-order valence-corrected chi connectivity index (χ4v) is 2.11. The minimum atomic E-state index is -4.37. The van der Waals surface area contributed by atoms with Crippen LogP contribution in [0.4, 0.5) is 18.9 Å². The number of nitrogens with zero attached hydrogens (tertiary/aromatic N) is 1. The van der Waals surface area contributed by atoms with Crippen molar-refractivity contribution in [3.8, 4) is 0 Å². The average Bonchev–Trinajstić information content (AvgIpc) is 2.37. The lowest BCUT2D eigenvalue weighted by Crippen LogP contribution is -2.39. The maximum atomic E-state index is 12.5. The number of alkyl halides is 3. The Labute approximate surface area is 122 Å². The third-order valence-electron chi connectivity index (χ3n) is 3.20. The van der Waals surface area contributed by atoms with Crippen LogP contribution in [0.5, 0.6) is 0 Å². The molecule has 0 fully saturated rings. The highest BCUT2D eigenvalue weighted by atomic mass is 19.4. The van der Waals surface area contributed by atoms with Gasteiger partial charge in [0.2, 0.25) is 5.91 Å². The topological polar surface area (TPSA) is 46.3 Å². The van der Waals surface area contributed by atoms with Gasteiger partial charge in [-0.05, 0) is 30.0 Å². The molecule has 1 amide bonds. The molecule has 0 saturated carbocycles. The standard InChI is InChI=1S/C15H21F3N2O/c1-3-8-20(10-15(16,17)18)14(21)9-11(2)12-4-6-13(19)7-5-12/h4-7,11H,3,8-10,19H2,1-2H3. The Hall–Kier alpha value is -1.72. The van der Waals surface area contributed by atoms with E-state index in [0.29, 0.717) is 12.1 Å². The molecule has 0 spiro atoms. The van der Waals surface area contributed by atoms with Crippen LogP contribution >= 0.6 is 0 Å². The first-order chi connectivity index (χ1) is 9.73. The molecule has 3 nitrogen and oxygen atoms in total. The Balaban J connectivity index is 2.69. The van der Waals surface area contributed by atoms with Crippen molar-refractivity contribution in [2.24, 2.45) is 0 Å². The second-order valence-electron chi connectivity index (χ2n) is 5.20. The Morgan fingerprint density at radius 1 is 1.29 bits per heavy atom. The van der Waals surface area contributed by atoms with Crippen LogP contribution in [-0.4, -0.2) is 30.1 Å². The fraction of sp³-hybridized carbons (Fsp3) is 0.533. The van der Waals surface area contributed by atoms with Crippen molar-refractivity contribution in [1.82, 2.24) is 4.90 Å². The normalized spacial score (nSPS) is 13.0. The molecule has 21 heavy (non-hydrogen) atoms. The van der Waals surface area contributed by atoms with Gasteiger partial charge < -0.3 is 10.6 Å². The summed E-state index contributed by atoms with van der Waals surface area (Å²) in [6.07, 6.45) is -3.81. The minimum Gasteiger partial charge on any atom is -0.399 e. The summed E-state index contributed by atoms with van der Waals surface area (Å²) in [7, 11) is 0. The van der Waals surface area contributed by atoms with Gasteiger partial charge in [-0.25, -0.2) is 0 Å². The molecule has 1 rings (SSSR count). The zero-order chi connectivity index (χ0) is 16.0. The molecule has 118 valence electrons. The lowest BCUT2D eigenvalue weighted by Gasteiger charge is -2.25. The largest absolute Gasteiger partial charge is 0.406 e. The minimum absolute atomic E-state index is 0.0556. The van der Waals surface area contributed by atoms with Gasteiger partial charge in [0, 0.05) is 18.7 Å². The smallest absolute Gasteiger partial charge is 0.399 e. The molecule has 0 aliphatic rings. The second-order valence-corrected chi connectivity index (χ2v) is 5.20. The van der Waals surface area contributed by atoms with E-state index in [1.54, 1.807) is 31.2 Å². The summed E-state index contributed by atoms with van der Waals surface area (Å²) in [6.45, 7) is 2.50. The van der Waals surface area contributed by atoms with E-state index in [2.05, 4.69) is 0 Å². The summed E-state index contributed by atoms with van der Waals surface area (Å²) in [5.41, 5.74) is 7.09. The van der Waals surface area contributed by atoms with Crippen molar-refractivity contribution in [1.29, 1.82) is 0 Å². The summed E-state index contributed by atoms with van der Waals surface area (Å²) < 4.78 is 37.5. The van der Waals surface area contributed by atoms with Gasteiger partial charge >= 0.3 is 6.18 Å². The molecule has 1 atom stereocenters. The highest BCUT2D eigenvalue weighted by molar-refractivity contribution is 5.77. The molecule has 1 aromatic rings. The molecule has 1 aromatic carbocycles. The molecule has 2 N–H and O–H groups in total. The number of carbonyl (C=O) groups excluding carboxylic acids is 1. The van der Waals surface area contributed by atoms with Gasteiger partial charge in [-0.15, -0.1) is 0 Å².